The average molecular weight is 363 g/mol. The third-order valence-electron chi connectivity index (χ3n) is 3.46. The van der Waals surface area contributed by atoms with E-state index in [0.717, 1.165) is 10.2 Å². The normalized spacial score (nSPS) is 10.6. The standard InChI is InChI=1S/C17H15ClN2O3S/c1-22-14-6-3-10(7-15(14)23-2)13(21)9-19-17-20-12-5-4-11(18)8-16(12)24-17/h3-8H,9H2,1-2H3,(H,19,20). The molecule has 0 atom stereocenters. The average Bonchev–Trinajstić information content (AvgIpc) is 3.00. The van der Waals surface area contributed by atoms with E-state index in [9.17, 15) is 4.79 Å². The fourth-order valence-corrected chi connectivity index (χ4v) is 3.38. The molecule has 0 fully saturated rings. The number of nitrogens with zero attached hydrogens (tertiary/aromatic N) is 1. The van der Waals surface area contributed by atoms with Crippen LogP contribution in [0.15, 0.2) is 36.4 Å². The summed E-state index contributed by atoms with van der Waals surface area (Å²) in [5, 5.41) is 4.41. The minimum absolute atomic E-state index is 0.0618. The second kappa shape index (κ2) is 7.07. The molecule has 0 saturated heterocycles. The van der Waals surface area contributed by atoms with Crippen molar-refractivity contribution in [3.63, 3.8) is 0 Å². The number of hydrogen-bond acceptors (Lipinski definition) is 6. The van der Waals surface area contributed by atoms with Crippen molar-refractivity contribution in [3.8, 4) is 11.5 Å². The summed E-state index contributed by atoms with van der Waals surface area (Å²) >= 11 is 7.43. The summed E-state index contributed by atoms with van der Waals surface area (Å²) in [4.78, 5) is 16.8. The number of Topliss-reactive ketones (excluding diaryl/α,β-unsaturated/α-hetero) is 1. The van der Waals surface area contributed by atoms with Gasteiger partial charge in [-0.15, -0.1) is 0 Å². The van der Waals surface area contributed by atoms with E-state index in [1.165, 1.54) is 18.4 Å². The number of methoxy groups -OCH3 is 2. The highest BCUT2D eigenvalue weighted by atomic mass is 35.5. The second-order valence-electron chi connectivity index (χ2n) is 4.98. The van der Waals surface area contributed by atoms with Gasteiger partial charge in [-0.2, -0.15) is 0 Å². The molecular weight excluding hydrogens is 348 g/mol. The van der Waals surface area contributed by atoms with Gasteiger partial charge in [-0.05, 0) is 36.4 Å². The van der Waals surface area contributed by atoms with Gasteiger partial charge in [0.15, 0.2) is 22.4 Å². The number of rotatable bonds is 6. The smallest absolute Gasteiger partial charge is 0.184 e. The van der Waals surface area contributed by atoms with Crippen LogP contribution in [0.2, 0.25) is 5.02 Å². The molecule has 3 rings (SSSR count). The van der Waals surface area contributed by atoms with Crippen molar-refractivity contribution in [2.24, 2.45) is 0 Å². The molecule has 0 spiro atoms. The van der Waals surface area contributed by atoms with Gasteiger partial charge >= 0.3 is 0 Å². The Hall–Kier alpha value is -2.31. The van der Waals surface area contributed by atoms with Crippen LogP contribution < -0.4 is 14.8 Å². The Kier molecular flexibility index (Phi) is 4.87. The molecule has 1 heterocycles. The molecule has 2 aromatic carbocycles. The quantitative estimate of drug-likeness (QED) is 0.664. The summed E-state index contributed by atoms with van der Waals surface area (Å²) in [7, 11) is 3.09. The maximum Gasteiger partial charge on any atom is 0.184 e. The zero-order chi connectivity index (χ0) is 17.1. The van der Waals surface area contributed by atoms with Crippen molar-refractivity contribution in [2.75, 3.05) is 26.1 Å². The molecule has 7 heteroatoms. The number of anilines is 1. The maximum absolute atomic E-state index is 12.4. The lowest BCUT2D eigenvalue weighted by Crippen LogP contribution is -2.14. The highest BCUT2D eigenvalue weighted by molar-refractivity contribution is 7.22. The first-order valence-corrected chi connectivity index (χ1v) is 8.35. The van der Waals surface area contributed by atoms with Crippen molar-refractivity contribution in [1.82, 2.24) is 4.98 Å². The van der Waals surface area contributed by atoms with E-state index < -0.39 is 0 Å². The molecule has 0 aliphatic carbocycles. The lowest BCUT2D eigenvalue weighted by molar-refractivity contribution is 0.101. The first-order chi connectivity index (χ1) is 11.6. The molecule has 1 N–H and O–H groups in total. The number of nitrogens with one attached hydrogen (secondary N) is 1. The fraction of sp³-hybridized carbons (Fsp3) is 0.176. The van der Waals surface area contributed by atoms with Crippen molar-refractivity contribution < 1.29 is 14.3 Å². The Balaban J connectivity index is 1.72. The van der Waals surface area contributed by atoms with Crippen LogP contribution in [0.3, 0.4) is 0 Å². The molecular formula is C17H15ClN2O3S. The molecule has 24 heavy (non-hydrogen) atoms. The Bertz CT molecular complexity index is 895. The Morgan fingerprint density at radius 2 is 1.96 bits per heavy atom. The number of aromatic nitrogens is 1. The van der Waals surface area contributed by atoms with E-state index in [1.54, 1.807) is 31.4 Å². The third-order valence-corrected chi connectivity index (χ3v) is 4.67. The molecule has 3 aromatic rings. The van der Waals surface area contributed by atoms with Gasteiger partial charge in [0.25, 0.3) is 0 Å². The van der Waals surface area contributed by atoms with E-state index in [2.05, 4.69) is 10.3 Å². The highest BCUT2D eigenvalue weighted by Gasteiger charge is 2.12. The molecule has 5 nitrogen and oxygen atoms in total. The highest BCUT2D eigenvalue weighted by Crippen LogP contribution is 2.29. The summed E-state index contributed by atoms with van der Waals surface area (Å²) in [6.07, 6.45) is 0. The molecule has 0 radical (unpaired) electrons. The van der Waals surface area contributed by atoms with Gasteiger partial charge in [0.1, 0.15) is 0 Å². The predicted molar refractivity (Wildman–Crippen MR) is 97.0 cm³/mol. The largest absolute Gasteiger partial charge is 0.493 e. The van der Waals surface area contributed by atoms with Gasteiger partial charge < -0.3 is 14.8 Å². The zero-order valence-corrected chi connectivity index (χ0v) is 14.7. The summed E-state index contributed by atoms with van der Waals surface area (Å²) in [5.41, 5.74) is 1.40. The van der Waals surface area contributed by atoms with E-state index in [1.807, 2.05) is 12.1 Å². The second-order valence-corrected chi connectivity index (χ2v) is 6.44. The monoisotopic (exact) mass is 362 g/mol. The van der Waals surface area contributed by atoms with Gasteiger partial charge in [0.2, 0.25) is 0 Å². The lowest BCUT2D eigenvalue weighted by Gasteiger charge is -2.09. The summed E-state index contributed by atoms with van der Waals surface area (Å²) in [6.45, 7) is 0.142. The van der Waals surface area contributed by atoms with Crippen LogP contribution in [0.1, 0.15) is 10.4 Å². The number of ketones is 1. The molecule has 0 saturated carbocycles. The first kappa shape index (κ1) is 16.5. The molecule has 0 aliphatic heterocycles. The topological polar surface area (TPSA) is 60.5 Å². The molecule has 0 unspecified atom stereocenters. The number of carbonyl (C=O) groups is 1. The Morgan fingerprint density at radius 1 is 1.17 bits per heavy atom. The van der Waals surface area contributed by atoms with E-state index in [4.69, 9.17) is 21.1 Å². The fourth-order valence-electron chi connectivity index (χ4n) is 2.24. The number of thiazole rings is 1. The van der Waals surface area contributed by atoms with Crippen molar-refractivity contribution >= 4 is 44.1 Å². The van der Waals surface area contributed by atoms with E-state index in [-0.39, 0.29) is 12.3 Å². The van der Waals surface area contributed by atoms with Crippen LogP contribution in [-0.4, -0.2) is 31.5 Å². The number of hydrogen-bond donors (Lipinski definition) is 1. The van der Waals surface area contributed by atoms with Gasteiger partial charge in [-0.1, -0.05) is 22.9 Å². The van der Waals surface area contributed by atoms with Gasteiger partial charge in [0.05, 0.1) is 31.0 Å². The van der Waals surface area contributed by atoms with Crippen LogP contribution in [0.5, 0.6) is 11.5 Å². The summed E-state index contributed by atoms with van der Waals surface area (Å²) < 4.78 is 11.4. The summed E-state index contributed by atoms with van der Waals surface area (Å²) in [5.74, 6) is 1.05. The number of halogens is 1. The van der Waals surface area contributed by atoms with E-state index in [0.29, 0.717) is 27.2 Å². The van der Waals surface area contributed by atoms with Crippen LogP contribution in [0, 0.1) is 0 Å². The zero-order valence-electron chi connectivity index (χ0n) is 13.1. The molecule has 124 valence electrons. The molecule has 0 amide bonds. The number of fused-ring (bicyclic) bond motifs is 1. The van der Waals surface area contributed by atoms with Crippen molar-refractivity contribution in [3.05, 3.63) is 47.0 Å². The first-order valence-electron chi connectivity index (χ1n) is 7.16. The minimum atomic E-state index is -0.0618. The predicted octanol–water partition coefficient (Wildman–Crippen LogP) is 4.26. The van der Waals surface area contributed by atoms with Crippen LogP contribution in [0.4, 0.5) is 5.13 Å². The van der Waals surface area contributed by atoms with Gasteiger partial charge in [0, 0.05) is 10.6 Å². The lowest BCUT2D eigenvalue weighted by atomic mass is 10.1. The van der Waals surface area contributed by atoms with Crippen LogP contribution >= 0.6 is 22.9 Å². The Labute approximate surface area is 148 Å². The van der Waals surface area contributed by atoms with Crippen molar-refractivity contribution in [1.29, 1.82) is 0 Å². The Morgan fingerprint density at radius 3 is 2.71 bits per heavy atom. The maximum atomic E-state index is 12.4. The third kappa shape index (κ3) is 3.44. The number of carbonyl (C=O) groups excluding carboxylic acids is 1. The van der Waals surface area contributed by atoms with E-state index >= 15 is 0 Å². The van der Waals surface area contributed by atoms with Crippen molar-refractivity contribution in [2.45, 2.75) is 0 Å². The van der Waals surface area contributed by atoms with Gasteiger partial charge in [-0.3, -0.25) is 4.79 Å². The van der Waals surface area contributed by atoms with Crippen LogP contribution in [-0.2, 0) is 0 Å². The number of ether oxygens (including phenoxy) is 2. The molecule has 1 aromatic heterocycles. The molecule has 0 aliphatic rings. The molecule has 0 bridgehead atoms. The minimum Gasteiger partial charge on any atom is -0.493 e. The van der Waals surface area contributed by atoms with Crippen LogP contribution in [0.25, 0.3) is 10.2 Å². The summed E-state index contributed by atoms with van der Waals surface area (Å²) in [6, 6.07) is 10.6. The number of benzene rings is 2. The van der Waals surface area contributed by atoms with Gasteiger partial charge in [-0.25, -0.2) is 4.98 Å². The SMILES string of the molecule is COc1ccc(C(=O)CNc2nc3ccc(Cl)cc3s2)cc1OC.